The average molecular weight is 529 g/mol. The molecule has 0 radical (unpaired) electrons. The summed E-state index contributed by atoms with van der Waals surface area (Å²) in [5, 5.41) is 0. The fourth-order valence-electron chi connectivity index (χ4n) is 8.03. The van der Waals surface area contributed by atoms with Crippen LogP contribution in [0.4, 0.5) is 0 Å². The average Bonchev–Trinajstić information content (AvgIpc) is 3.63. The molecular weight excluding hydrogens is 484 g/mol. The number of rotatable bonds is 9. The molecular formula is C30H44N2O6. The molecule has 3 aliphatic heterocycles. The highest BCUT2D eigenvalue weighted by Crippen LogP contribution is 2.62. The van der Waals surface area contributed by atoms with E-state index in [1.54, 1.807) is 14.2 Å². The predicted molar refractivity (Wildman–Crippen MR) is 142 cm³/mol. The van der Waals surface area contributed by atoms with Crippen LogP contribution in [0.25, 0.3) is 0 Å². The van der Waals surface area contributed by atoms with E-state index in [-0.39, 0.29) is 34.9 Å². The van der Waals surface area contributed by atoms with Gasteiger partial charge in [0.15, 0.2) is 0 Å². The summed E-state index contributed by atoms with van der Waals surface area (Å²) in [6, 6.07) is 5.95. The largest absolute Gasteiger partial charge is 0.497 e. The van der Waals surface area contributed by atoms with Crippen molar-refractivity contribution in [2.24, 2.45) is 23.2 Å². The summed E-state index contributed by atoms with van der Waals surface area (Å²) in [7, 11) is 3.40. The topological polar surface area (TPSA) is 73.0 Å². The first-order chi connectivity index (χ1) is 18.4. The van der Waals surface area contributed by atoms with Gasteiger partial charge in [-0.2, -0.15) is 0 Å². The van der Waals surface area contributed by atoms with Crippen molar-refractivity contribution in [3.8, 4) is 11.5 Å². The number of nitrogens with zero attached hydrogens (tertiary/aromatic N) is 2. The van der Waals surface area contributed by atoms with Gasteiger partial charge in [0.05, 0.1) is 45.6 Å². The predicted octanol–water partition coefficient (Wildman–Crippen LogP) is 3.37. The maximum atomic E-state index is 13.4. The first-order valence-corrected chi connectivity index (χ1v) is 14.5. The lowest BCUT2D eigenvalue weighted by molar-refractivity contribution is -0.147. The summed E-state index contributed by atoms with van der Waals surface area (Å²) < 4.78 is 29.0. The van der Waals surface area contributed by atoms with E-state index in [1.807, 2.05) is 12.1 Å². The zero-order chi connectivity index (χ0) is 26.3. The molecule has 2 saturated carbocycles. The van der Waals surface area contributed by atoms with Gasteiger partial charge in [-0.05, 0) is 61.6 Å². The van der Waals surface area contributed by atoms with Gasteiger partial charge >= 0.3 is 5.97 Å². The Morgan fingerprint density at radius 3 is 2.71 bits per heavy atom. The zero-order valence-corrected chi connectivity index (χ0v) is 23.3. The molecule has 8 heteroatoms. The Morgan fingerprint density at radius 1 is 1.16 bits per heavy atom. The van der Waals surface area contributed by atoms with E-state index < -0.39 is 0 Å². The molecule has 2 aliphatic carbocycles. The molecule has 0 amide bonds. The summed E-state index contributed by atoms with van der Waals surface area (Å²) >= 11 is 0. The monoisotopic (exact) mass is 528 g/mol. The molecule has 3 heterocycles. The lowest BCUT2D eigenvalue weighted by Crippen LogP contribution is -2.51. The molecule has 1 aromatic rings. The van der Waals surface area contributed by atoms with E-state index >= 15 is 0 Å². The Morgan fingerprint density at radius 2 is 1.97 bits per heavy atom. The van der Waals surface area contributed by atoms with Crippen molar-refractivity contribution < 1.29 is 28.5 Å². The number of methoxy groups -OCH3 is 2. The Labute approximate surface area is 226 Å². The molecule has 6 unspecified atom stereocenters. The SMILES string of the molecule is COc1ccc(OC)c(CN(CCN2CCOCC2)CC2C(=O)OC3CC4(C)CCCC5(CO5)C4CC32)c1. The van der Waals surface area contributed by atoms with Crippen LogP contribution < -0.4 is 9.47 Å². The number of carbonyl (C=O) groups is 1. The molecule has 5 fully saturated rings. The Balaban J connectivity index is 1.21. The molecule has 1 spiro atoms. The highest BCUT2D eigenvalue weighted by molar-refractivity contribution is 5.75. The standard InChI is InChI=1S/C30H44N2O6/c1-29-7-4-8-30(20-37-30)27(29)16-23-24(28(33)38-26(23)17-29)19-32(10-9-31-11-13-36-14-12-31)18-21-15-22(34-2)5-6-25(21)35-3/h5-6,15,23-24,26-27H,4,7-14,16-20H2,1-3H3. The molecule has 6 atom stereocenters. The molecule has 38 heavy (non-hydrogen) atoms. The van der Waals surface area contributed by atoms with Gasteiger partial charge in [-0.15, -0.1) is 0 Å². The Hall–Kier alpha value is -1.87. The van der Waals surface area contributed by atoms with Gasteiger partial charge in [-0.3, -0.25) is 14.6 Å². The third kappa shape index (κ3) is 5.05. The van der Waals surface area contributed by atoms with Crippen molar-refractivity contribution in [2.75, 3.05) is 66.8 Å². The summed E-state index contributed by atoms with van der Waals surface area (Å²) in [6.07, 6.45) is 5.67. The van der Waals surface area contributed by atoms with Crippen LogP contribution in [0.1, 0.15) is 44.6 Å². The molecule has 0 N–H and O–H groups in total. The molecule has 3 saturated heterocycles. The summed E-state index contributed by atoms with van der Waals surface area (Å²) in [5.41, 5.74) is 1.36. The molecule has 6 rings (SSSR count). The van der Waals surface area contributed by atoms with Crippen molar-refractivity contribution in [3.05, 3.63) is 23.8 Å². The van der Waals surface area contributed by atoms with Gasteiger partial charge in [0.1, 0.15) is 17.6 Å². The number of benzene rings is 1. The van der Waals surface area contributed by atoms with Crippen molar-refractivity contribution in [1.29, 1.82) is 0 Å². The highest BCUT2D eigenvalue weighted by atomic mass is 16.6. The second kappa shape index (κ2) is 10.6. The first kappa shape index (κ1) is 26.4. The van der Waals surface area contributed by atoms with Crippen molar-refractivity contribution in [3.63, 3.8) is 0 Å². The van der Waals surface area contributed by atoms with Gasteiger partial charge in [0, 0.05) is 50.7 Å². The van der Waals surface area contributed by atoms with Crippen LogP contribution >= 0.6 is 0 Å². The van der Waals surface area contributed by atoms with E-state index in [2.05, 4.69) is 22.8 Å². The number of carbonyl (C=O) groups excluding carboxylic acids is 1. The fourth-order valence-corrected chi connectivity index (χ4v) is 8.03. The first-order valence-electron chi connectivity index (χ1n) is 14.5. The van der Waals surface area contributed by atoms with Gasteiger partial charge in [0.25, 0.3) is 0 Å². The van der Waals surface area contributed by atoms with Crippen LogP contribution in [-0.4, -0.2) is 94.2 Å². The van der Waals surface area contributed by atoms with Gasteiger partial charge < -0.3 is 23.7 Å². The lowest BCUT2D eigenvalue weighted by Gasteiger charge is -2.51. The number of morpholine rings is 1. The summed E-state index contributed by atoms with van der Waals surface area (Å²) in [4.78, 5) is 18.3. The highest BCUT2D eigenvalue weighted by Gasteiger charge is 2.65. The van der Waals surface area contributed by atoms with E-state index in [0.29, 0.717) is 19.0 Å². The Kier molecular flexibility index (Phi) is 7.35. The second-order valence-electron chi connectivity index (χ2n) is 12.5. The van der Waals surface area contributed by atoms with E-state index in [1.165, 1.54) is 19.3 Å². The van der Waals surface area contributed by atoms with Crippen LogP contribution in [0.2, 0.25) is 0 Å². The smallest absolute Gasteiger partial charge is 0.310 e. The van der Waals surface area contributed by atoms with E-state index in [9.17, 15) is 4.79 Å². The molecule has 8 nitrogen and oxygen atoms in total. The van der Waals surface area contributed by atoms with E-state index in [4.69, 9.17) is 23.7 Å². The molecule has 210 valence electrons. The summed E-state index contributed by atoms with van der Waals surface area (Å²) in [6.45, 7) is 10.00. The number of fused-ring (bicyclic) bond motifs is 3. The third-order valence-electron chi connectivity index (χ3n) is 10.3. The number of hydrogen-bond acceptors (Lipinski definition) is 8. The second-order valence-corrected chi connectivity index (χ2v) is 12.5. The van der Waals surface area contributed by atoms with E-state index in [0.717, 1.165) is 75.9 Å². The quantitative estimate of drug-likeness (QED) is 0.357. The van der Waals surface area contributed by atoms with Gasteiger partial charge in [-0.1, -0.05) is 6.92 Å². The minimum Gasteiger partial charge on any atom is -0.497 e. The number of ether oxygens (including phenoxy) is 5. The maximum absolute atomic E-state index is 13.4. The number of epoxide rings is 1. The minimum absolute atomic E-state index is 0.0120. The molecule has 0 bridgehead atoms. The third-order valence-corrected chi connectivity index (χ3v) is 10.3. The van der Waals surface area contributed by atoms with Gasteiger partial charge in [-0.25, -0.2) is 0 Å². The van der Waals surface area contributed by atoms with Crippen molar-refractivity contribution in [2.45, 2.75) is 57.3 Å². The van der Waals surface area contributed by atoms with Gasteiger partial charge in [0.2, 0.25) is 0 Å². The van der Waals surface area contributed by atoms with Crippen LogP contribution in [0.15, 0.2) is 18.2 Å². The minimum atomic E-state index is -0.108. The molecule has 5 aliphatic rings. The fraction of sp³-hybridized carbons (Fsp3) is 0.767. The van der Waals surface area contributed by atoms with Crippen molar-refractivity contribution in [1.82, 2.24) is 9.80 Å². The summed E-state index contributed by atoms with van der Waals surface area (Å²) in [5.74, 6) is 2.33. The number of hydrogen-bond donors (Lipinski definition) is 0. The molecule has 1 aromatic carbocycles. The zero-order valence-electron chi connectivity index (χ0n) is 23.3. The maximum Gasteiger partial charge on any atom is 0.310 e. The normalized spacial score (nSPS) is 36.6. The van der Waals surface area contributed by atoms with Crippen molar-refractivity contribution >= 4 is 5.97 Å². The Bertz CT molecular complexity index is 1010. The lowest BCUT2D eigenvalue weighted by atomic mass is 9.53. The van der Waals surface area contributed by atoms with Crippen LogP contribution in [0.3, 0.4) is 0 Å². The number of esters is 1. The van der Waals surface area contributed by atoms with Crippen LogP contribution in [0.5, 0.6) is 11.5 Å². The molecule has 0 aromatic heterocycles. The van der Waals surface area contributed by atoms with Crippen LogP contribution in [0, 0.1) is 23.2 Å². The van der Waals surface area contributed by atoms with Crippen LogP contribution in [-0.2, 0) is 25.5 Å².